The number of hydrogen-bond donors (Lipinski definition) is 4. The number of nitrogens with zero attached hydrogens (tertiary/aromatic N) is 1. The highest BCUT2D eigenvalue weighted by Gasteiger charge is 2.38. The van der Waals surface area contributed by atoms with Crippen LogP contribution >= 0.6 is 0 Å². The minimum Gasteiger partial charge on any atom is -0.508 e. The Kier molecular flexibility index (Phi) is 12.4. The molecule has 1 heterocycles. The summed E-state index contributed by atoms with van der Waals surface area (Å²) in [5, 5.41) is 15.5. The van der Waals surface area contributed by atoms with Crippen LogP contribution in [0.25, 0.3) is 0 Å². The fraction of sp³-hybridized carbons (Fsp3) is 0.300. The zero-order valence-corrected chi connectivity index (χ0v) is 28.2. The third kappa shape index (κ3) is 9.57. The first-order chi connectivity index (χ1) is 24.2. The van der Waals surface area contributed by atoms with Gasteiger partial charge < -0.3 is 31.1 Å². The van der Waals surface area contributed by atoms with Gasteiger partial charge in [-0.3, -0.25) is 14.4 Å². The van der Waals surface area contributed by atoms with Crippen LogP contribution in [0.4, 0.5) is 0 Å². The molecule has 10 nitrogen and oxygen atoms in total. The second-order valence-electron chi connectivity index (χ2n) is 12.6. The number of phenolic OH excluding ortho intramolecular Hbond substituents is 1. The van der Waals surface area contributed by atoms with Crippen molar-refractivity contribution in [2.75, 3.05) is 6.61 Å². The number of phenols is 1. The number of nitrogens with one attached hydrogen (secondary N) is 2. The van der Waals surface area contributed by atoms with Gasteiger partial charge in [0.05, 0.1) is 12.6 Å². The quantitative estimate of drug-likeness (QED) is 0.149. The number of hydrogen-bond acceptors (Lipinski definition) is 7. The Morgan fingerprint density at radius 1 is 0.760 bits per heavy atom. The van der Waals surface area contributed by atoms with Crippen LogP contribution in [0.3, 0.4) is 0 Å². The maximum Gasteiger partial charge on any atom is 0.328 e. The average Bonchev–Trinajstić information content (AvgIpc) is 3.14. The van der Waals surface area contributed by atoms with Crippen LogP contribution in [0.1, 0.15) is 41.2 Å². The van der Waals surface area contributed by atoms with Crippen molar-refractivity contribution in [2.45, 2.75) is 69.7 Å². The number of rotatable bonds is 14. The molecule has 260 valence electrons. The lowest BCUT2D eigenvalue weighted by atomic mass is 9.92. The Labute approximate surface area is 292 Å². The fourth-order valence-corrected chi connectivity index (χ4v) is 6.12. The molecule has 0 bridgehead atoms. The van der Waals surface area contributed by atoms with Crippen molar-refractivity contribution in [3.05, 3.63) is 137 Å². The predicted molar refractivity (Wildman–Crippen MR) is 190 cm³/mol. The summed E-state index contributed by atoms with van der Waals surface area (Å²) in [6, 6.07) is 28.8. The number of carbonyl (C=O) groups excluding carboxylic acids is 4. The van der Waals surface area contributed by atoms with E-state index in [0.717, 1.165) is 27.8 Å². The monoisotopic (exact) mass is 676 g/mol. The highest BCUT2D eigenvalue weighted by Crippen LogP contribution is 2.25. The number of nitrogens with two attached hydrogens (primary N) is 1. The maximum atomic E-state index is 14.3. The molecule has 50 heavy (non-hydrogen) atoms. The maximum absolute atomic E-state index is 14.3. The fourth-order valence-electron chi connectivity index (χ4n) is 6.12. The number of fused-ring (bicyclic) bond motifs is 1. The van der Waals surface area contributed by atoms with Crippen LogP contribution in [-0.2, 0) is 56.1 Å². The molecule has 0 aliphatic carbocycles. The third-order valence-corrected chi connectivity index (χ3v) is 8.79. The lowest BCUT2D eigenvalue weighted by molar-refractivity contribution is -0.148. The number of amides is 3. The molecule has 0 aromatic heterocycles. The molecule has 10 heteroatoms. The van der Waals surface area contributed by atoms with Crippen LogP contribution in [0.15, 0.2) is 109 Å². The molecule has 5 N–H and O–H groups in total. The first kappa shape index (κ1) is 35.8. The molecule has 4 aromatic rings. The molecule has 0 saturated carbocycles. The summed E-state index contributed by atoms with van der Waals surface area (Å²) in [4.78, 5) is 56.9. The van der Waals surface area contributed by atoms with Gasteiger partial charge in [-0.25, -0.2) is 4.79 Å². The van der Waals surface area contributed by atoms with Crippen LogP contribution in [-0.4, -0.2) is 64.5 Å². The van der Waals surface area contributed by atoms with Gasteiger partial charge >= 0.3 is 5.97 Å². The van der Waals surface area contributed by atoms with Crippen molar-refractivity contribution in [3.8, 4) is 5.75 Å². The number of ether oxygens (including phenoxy) is 1. The number of esters is 1. The second kappa shape index (κ2) is 17.3. The summed E-state index contributed by atoms with van der Waals surface area (Å²) in [7, 11) is 0. The summed E-state index contributed by atoms with van der Waals surface area (Å²) >= 11 is 0. The van der Waals surface area contributed by atoms with Crippen molar-refractivity contribution < 1.29 is 29.0 Å². The standard InChI is InChI=1S/C40H44N4O6/c1-2-21-50-40(49)35(24-28-13-7-4-8-14-28)43-37(46)34(23-27-11-5-3-6-12-27)42-38(47)36-25-30-15-9-10-16-31(30)26-44(36)39(48)33(41)22-29-17-19-32(45)20-18-29/h3-20,33-36,45H,2,21-26,41H2,1H3,(H,42,47)(H,43,46)/t33-,34-,35-,36-/m0/s1. The molecule has 5 rings (SSSR count). The van der Waals surface area contributed by atoms with E-state index in [1.807, 2.05) is 91.9 Å². The van der Waals surface area contributed by atoms with Gasteiger partial charge in [-0.05, 0) is 52.8 Å². The molecular weight excluding hydrogens is 632 g/mol. The van der Waals surface area contributed by atoms with Crippen molar-refractivity contribution in [1.82, 2.24) is 15.5 Å². The molecule has 0 radical (unpaired) electrons. The zero-order valence-electron chi connectivity index (χ0n) is 28.2. The molecule has 4 aromatic carbocycles. The van der Waals surface area contributed by atoms with Crippen molar-refractivity contribution in [3.63, 3.8) is 0 Å². The zero-order chi connectivity index (χ0) is 35.5. The van der Waals surface area contributed by atoms with Crippen molar-refractivity contribution in [1.29, 1.82) is 0 Å². The third-order valence-electron chi connectivity index (χ3n) is 8.79. The highest BCUT2D eigenvalue weighted by molar-refractivity contribution is 5.95. The van der Waals surface area contributed by atoms with Gasteiger partial charge in [0.1, 0.15) is 23.9 Å². The molecule has 0 unspecified atom stereocenters. The summed E-state index contributed by atoms with van der Waals surface area (Å²) in [5.74, 6) is -1.91. The van der Waals surface area contributed by atoms with E-state index >= 15 is 0 Å². The van der Waals surface area contributed by atoms with Gasteiger partial charge in [-0.15, -0.1) is 0 Å². The minimum atomic E-state index is -1.07. The van der Waals surface area contributed by atoms with E-state index in [1.54, 1.807) is 12.1 Å². The predicted octanol–water partition coefficient (Wildman–Crippen LogP) is 3.62. The van der Waals surface area contributed by atoms with Crippen LogP contribution in [0.2, 0.25) is 0 Å². The Balaban J connectivity index is 1.39. The van der Waals surface area contributed by atoms with Crippen molar-refractivity contribution in [2.24, 2.45) is 5.73 Å². The van der Waals surface area contributed by atoms with Gasteiger partial charge in [-0.2, -0.15) is 0 Å². The molecule has 1 aliphatic rings. The van der Waals surface area contributed by atoms with E-state index in [-0.39, 0.29) is 44.6 Å². The summed E-state index contributed by atoms with van der Waals surface area (Å²) in [6.45, 7) is 2.28. The molecule has 1 aliphatic heterocycles. The Morgan fingerprint density at radius 2 is 1.32 bits per heavy atom. The lowest BCUT2D eigenvalue weighted by Gasteiger charge is -2.38. The molecule has 0 spiro atoms. The SMILES string of the molecule is CCCOC(=O)[C@H](Cc1ccccc1)NC(=O)[C@H](Cc1ccccc1)NC(=O)[C@@H]1Cc2ccccc2CN1C(=O)[C@@H](N)Cc1ccc(O)cc1. The average molecular weight is 677 g/mol. The first-order valence-electron chi connectivity index (χ1n) is 17.0. The largest absolute Gasteiger partial charge is 0.508 e. The molecular formula is C40H44N4O6. The lowest BCUT2D eigenvalue weighted by Crippen LogP contribution is -2.60. The first-order valence-corrected chi connectivity index (χ1v) is 17.0. The van der Waals surface area contributed by atoms with E-state index in [9.17, 15) is 24.3 Å². The molecule has 0 saturated heterocycles. The Hall–Kier alpha value is -5.48. The summed E-state index contributed by atoms with van der Waals surface area (Å²) in [5.41, 5.74) is 10.7. The van der Waals surface area contributed by atoms with Gasteiger partial charge in [0.2, 0.25) is 17.7 Å². The highest BCUT2D eigenvalue weighted by atomic mass is 16.5. The minimum absolute atomic E-state index is 0.108. The van der Waals surface area contributed by atoms with E-state index in [0.29, 0.717) is 6.42 Å². The van der Waals surface area contributed by atoms with Crippen LogP contribution in [0.5, 0.6) is 5.75 Å². The molecule has 0 fully saturated rings. The van der Waals surface area contributed by atoms with Gasteiger partial charge in [-0.1, -0.05) is 104 Å². The van der Waals surface area contributed by atoms with E-state index in [1.165, 1.54) is 17.0 Å². The van der Waals surface area contributed by atoms with E-state index in [2.05, 4.69) is 10.6 Å². The normalized spacial score (nSPS) is 15.6. The van der Waals surface area contributed by atoms with Crippen LogP contribution in [0, 0.1) is 0 Å². The van der Waals surface area contributed by atoms with Crippen LogP contribution < -0.4 is 16.4 Å². The molecule has 4 atom stereocenters. The van der Waals surface area contributed by atoms with E-state index in [4.69, 9.17) is 10.5 Å². The second-order valence-corrected chi connectivity index (χ2v) is 12.6. The number of benzene rings is 4. The Morgan fingerprint density at radius 3 is 1.94 bits per heavy atom. The van der Waals surface area contributed by atoms with E-state index < -0.39 is 47.9 Å². The molecule has 3 amide bonds. The van der Waals surface area contributed by atoms with Gasteiger partial charge in [0.15, 0.2) is 0 Å². The van der Waals surface area contributed by atoms with Gasteiger partial charge in [0, 0.05) is 25.8 Å². The summed E-state index contributed by atoms with van der Waals surface area (Å²) < 4.78 is 5.44. The summed E-state index contributed by atoms with van der Waals surface area (Å²) in [6.07, 6.45) is 1.43. The van der Waals surface area contributed by atoms with Gasteiger partial charge in [0.25, 0.3) is 0 Å². The Bertz CT molecular complexity index is 1750. The van der Waals surface area contributed by atoms with Crippen molar-refractivity contribution >= 4 is 23.7 Å². The topological polar surface area (TPSA) is 151 Å². The smallest absolute Gasteiger partial charge is 0.328 e. The number of carbonyl (C=O) groups is 4. The number of aromatic hydroxyl groups is 1.